The molecule has 0 aliphatic carbocycles. The first-order valence-electron chi connectivity index (χ1n) is 6.21. The lowest BCUT2D eigenvalue weighted by molar-refractivity contribution is -0.109. The second kappa shape index (κ2) is 5.14. The van der Waals surface area contributed by atoms with Crippen molar-refractivity contribution in [1.82, 2.24) is 4.31 Å². The first kappa shape index (κ1) is 14.9. The summed E-state index contributed by atoms with van der Waals surface area (Å²) in [4.78, 5) is 1.04. The Kier molecular flexibility index (Phi) is 4.04. The van der Waals surface area contributed by atoms with Crippen LogP contribution in [0.25, 0.3) is 0 Å². The van der Waals surface area contributed by atoms with Crippen LogP contribution in [-0.2, 0) is 21.3 Å². The monoisotopic (exact) mass is 304 g/mol. The van der Waals surface area contributed by atoms with Gasteiger partial charge in [-0.25, -0.2) is 8.42 Å². The van der Waals surface area contributed by atoms with Gasteiger partial charge in [0, 0.05) is 24.5 Å². The van der Waals surface area contributed by atoms with Gasteiger partial charge in [-0.05, 0) is 32.2 Å². The molecule has 2 rings (SSSR count). The van der Waals surface area contributed by atoms with Gasteiger partial charge in [0.25, 0.3) is 0 Å². The highest BCUT2D eigenvalue weighted by molar-refractivity contribution is 7.89. The van der Waals surface area contributed by atoms with Crippen LogP contribution < -0.4 is 5.73 Å². The van der Waals surface area contributed by atoms with Crippen molar-refractivity contribution in [1.29, 1.82) is 0 Å². The van der Waals surface area contributed by atoms with Crippen LogP contribution in [0.15, 0.2) is 16.3 Å². The molecule has 1 aliphatic heterocycles. The molecule has 1 atom stereocenters. The highest BCUT2D eigenvalue weighted by Crippen LogP contribution is 2.29. The van der Waals surface area contributed by atoms with Crippen LogP contribution in [-0.4, -0.2) is 37.5 Å². The van der Waals surface area contributed by atoms with Crippen molar-refractivity contribution in [2.75, 3.05) is 13.1 Å². The van der Waals surface area contributed by atoms with Gasteiger partial charge in [0.2, 0.25) is 10.0 Å². The van der Waals surface area contributed by atoms with Gasteiger partial charge in [0.1, 0.15) is 0 Å². The van der Waals surface area contributed by atoms with Gasteiger partial charge in [-0.3, -0.25) is 0 Å². The zero-order valence-corrected chi connectivity index (χ0v) is 13.1. The first-order valence-corrected chi connectivity index (χ1v) is 8.52. The Balaban J connectivity index is 2.34. The average molecular weight is 304 g/mol. The number of sulfonamides is 1. The third-order valence-electron chi connectivity index (χ3n) is 3.05. The Bertz CT molecular complexity index is 551. The van der Waals surface area contributed by atoms with E-state index in [1.807, 2.05) is 20.8 Å². The number of hydrogen-bond donors (Lipinski definition) is 1. The fraction of sp³-hybridized carbons (Fsp3) is 0.667. The molecule has 1 saturated heterocycles. The molecule has 1 aromatic rings. The van der Waals surface area contributed by atoms with Gasteiger partial charge in [-0.15, -0.1) is 11.3 Å². The third-order valence-corrected chi connectivity index (χ3v) is 6.01. The van der Waals surface area contributed by atoms with Gasteiger partial charge in [-0.2, -0.15) is 4.31 Å². The smallest absolute Gasteiger partial charge is 0.244 e. The van der Waals surface area contributed by atoms with Crippen LogP contribution in [0.3, 0.4) is 0 Å². The lowest BCUT2D eigenvalue weighted by Gasteiger charge is -2.40. The van der Waals surface area contributed by atoms with Crippen LogP contribution in [0.1, 0.15) is 25.6 Å². The molecule has 19 heavy (non-hydrogen) atoms. The fourth-order valence-corrected chi connectivity index (χ4v) is 5.40. The van der Waals surface area contributed by atoms with Gasteiger partial charge in [0.05, 0.1) is 16.6 Å². The summed E-state index contributed by atoms with van der Waals surface area (Å²) in [6.07, 6.45) is -0.113. The molecular weight excluding hydrogens is 284 g/mol. The van der Waals surface area contributed by atoms with Crippen molar-refractivity contribution in [3.63, 3.8) is 0 Å². The number of nitrogens with two attached hydrogens (primary N) is 1. The van der Waals surface area contributed by atoms with E-state index >= 15 is 0 Å². The SMILES string of the molecule is CC1CN(S(=O)(=O)c2ccsc2CN)CC(C)(C)O1. The van der Waals surface area contributed by atoms with Crippen LogP contribution in [0.4, 0.5) is 0 Å². The minimum Gasteiger partial charge on any atom is -0.370 e. The summed E-state index contributed by atoms with van der Waals surface area (Å²) in [6, 6.07) is 1.63. The van der Waals surface area contributed by atoms with Crippen molar-refractivity contribution in [3.05, 3.63) is 16.3 Å². The minimum atomic E-state index is -3.48. The standard InChI is InChI=1S/C12H20N2O3S2/c1-9-7-14(8-12(2,3)17-9)19(15,16)11-4-5-18-10(11)6-13/h4-5,9H,6-8,13H2,1-3H3. The van der Waals surface area contributed by atoms with Gasteiger partial charge < -0.3 is 10.5 Å². The van der Waals surface area contributed by atoms with Crippen molar-refractivity contribution in [2.45, 2.75) is 43.9 Å². The Hall–Kier alpha value is -0.470. The minimum absolute atomic E-state index is 0.113. The average Bonchev–Trinajstić information content (AvgIpc) is 2.74. The summed E-state index contributed by atoms with van der Waals surface area (Å²) >= 11 is 1.38. The molecule has 1 fully saturated rings. The lowest BCUT2D eigenvalue weighted by atomic mass is 10.1. The normalized spacial score (nSPS) is 24.5. The molecule has 1 unspecified atom stereocenters. The predicted molar refractivity (Wildman–Crippen MR) is 75.6 cm³/mol. The zero-order valence-electron chi connectivity index (χ0n) is 11.4. The number of thiophene rings is 1. The Morgan fingerprint density at radius 1 is 1.58 bits per heavy atom. The van der Waals surface area contributed by atoms with Gasteiger partial charge in [-0.1, -0.05) is 0 Å². The third kappa shape index (κ3) is 3.00. The summed E-state index contributed by atoms with van der Waals surface area (Å²) in [5.74, 6) is 0. The molecule has 1 aliphatic rings. The van der Waals surface area contributed by atoms with E-state index in [1.54, 1.807) is 11.4 Å². The molecule has 0 amide bonds. The van der Waals surface area contributed by atoms with Crippen LogP contribution in [0.2, 0.25) is 0 Å². The van der Waals surface area contributed by atoms with Crippen LogP contribution in [0.5, 0.6) is 0 Å². The summed E-state index contributed by atoms with van der Waals surface area (Å²) in [5.41, 5.74) is 5.14. The van der Waals surface area contributed by atoms with Crippen LogP contribution in [0, 0.1) is 0 Å². The number of rotatable bonds is 3. The van der Waals surface area contributed by atoms with Crippen molar-refractivity contribution >= 4 is 21.4 Å². The summed E-state index contributed by atoms with van der Waals surface area (Å²) in [5, 5.41) is 1.77. The van der Waals surface area contributed by atoms with E-state index in [1.165, 1.54) is 15.6 Å². The van der Waals surface area contributed by atoms with E-state index in [4.69, 9.17) is 10.5 Å². The topological polar surface area (TPSA) is 72.6 Å². The van der Waals surface area contributed by atoms with Crippen molar-refractivity contribution in [3.8, 4) is 0 Å². The molecule has 108 valence electrons. The molecule has 0 radical (unpaired) electrons. The summed E-state index contributed by atoms with van der Waals surface area (Å²) in [7, 11) is -3.48. The molecule has 5 nitrogen and oxygen atoms in total. The van der Waals surface area contributed by atoms with E-state index in [9.17, 15) is 8.42 Å². The summed E-state index contributed by atoms with van der Waals surface area (Å²) < 4.78 is 32.6. The van der Waals surface area contributed by atoms with Crippen molar-refractivity contribution in [2.24, 2.45) is 5.73 Å². The Labute approximate surface area is 118 Å². The largest absolute Gasteiger partial charge is 0.370 e. The molecule has 0 saturated carbocycles. The van der Waals surface area contributed by atoms with Crippen molar-refractivity contribution < 1.29 is 13.2 Å². The second-order valence-corrected chi connectivity index (χ2v) is 8.30. The molecule has 1 aromatic heterocycles. The van der Waals surface area contributed by atoms with Crippen LogP contribution >= 0.6 is 11.3 Å². The highest BCUT2D eigenvalue weighted by Gasteiger charge is 2.38. The van der Waals surface area contributed by atoms with E-state index in [-0.39, 0.29) is 12.6 Å². The van der Waals surface area contributed by atoms with E-state index < -0.39 is 15.6 Å². The second-order valence-electron chi connectivity index (χ2n) is 5.40. The Morgan fingerprint density at radius 3 is 2.84 bits per heavy atom. The molecule has 2 heterocycles. The van der Waals surface area contributed by atoms with E-state index in [2.05, 4.69) is 0 Å². The quantitative estimate of drug-likeness (QED) is 0.916. The lowest BCUT2D eigenvalue weighted by Crippen LogP contribution is -2.53. The van der Waals surface area contributed by atoms with E-state index in [0.29, 0.717) is 22.9 Å². The highest BCUT2D eigenvalue weighted by atomic mass is 32.2. The number of hydrogen-bond acceptors (Lipinski definition) is 5. The van der Waals surface area contributed by atoms with E-state index in [0.717, 1.165) is 0 Å². The molecule has 2 N–H and O–H groups in total. The predicted octanol–water partition coefficient (Wildman–Crippen LogP) is 1.39. The first-order chi connectivity index (χ1) is 8.76. The molecule has 7 heteroatoms. The number of nitrogens with zero attached hydrogens (tertiary/aromatic N) is 1. The number of morpholine rings is 1. The molecule has 0 aromatic carbocycles. The summed E-state index contributed by atoms with van der Waals surface area (Å²) in [6.45, 7) is 6.69. The molecular formula is C12H20N2O3S2. The molecule has 0 bridgehead atoms. The number of ether oxygens (including phenoxy) is 1. The molecule has 0 spiro atoms. The van der Waals surface area contributed by atoms with Gasteiger partial charge >= 0.3 is 0 Å². The van der Waals surface area contributed by atoms with Gasteiger partial charge in [0.15, 0.2) is 0 Å². The maximum atomic E-state index is 12.7. The zero-order chi connectivity index (χ0) is 14.3. The fourth-order valence-electron chi connectivity index (χ4n) is 2.42. The maximum Gasteiger partial charge on any atom is 0.244 e. The Morgan fingerprint density at radius 2 is 2.26 bits per heavy atom. The maximum absolute atomic E-state index is 12.7.